The molecular weight excluding hydrogens is 188 g/mol. The zero-order valence-corrected chi connectivity index (χ0v) is 8.17. The number of hydrogen-bond donors (Lipinski definition) is 0. The van der Waals surface area contributed by atoms with Crippen molar-refractivity contribution in [2.75, 3.05) is 6.61 Å². The van der Waals surface area contributed by atoms with Gasteiger partial charge in [0.1, 0.15) is 5.75 Å². The van der Waals surface area contributed by atoms with Crippen LogP contribution in [0.2, 0.25) is 0 Å². The molecule has 3 heteroatoms. The van der Waals surface area contributed by atoms with E-state index in [0.29, 0.717) is 12.2 Å². The van der Waals surface area contributed by atoms with Gasteiger partial charge in [-0.1, -0.05) is 6.92 Å². The van der Waals surface area contributed by atoms with Gasteiger partial charge in [-0.2, -0.15) is 0 Å². The number of halogens is 1. The molecule has 0 bridgehead atoms. The van der Waals surface area contributed by atoms with E-state index in [1.807, 2.05) is 6.92 Å². The van der Waals surface area contributed by atoms with Crippen molar-refractivity contribution < 1.29 is 9.53 Å². The van der Waals surface area contributed by atoms with Crippen LogP contribution in [0.15, 0.2) is 24.3 Å². The minimum Gasteiger partial charge on any atom is -0.494 e. The number of carbonyl (C=O) groups excluding carboxylic acids is 1. The largest absolute Gasteiger partial charge is 0.494 e. The Kier molecular flexibility index (Phi) is 3.77. The van der Waals surface area contributed by atoms with Crippen LogP contribution in [0.5, 0.6) is 5.75 Å². The smallest absolute Gasteiger partial charge is 0.252 e. The molecule has 1 aromatic rings. The first-order chi connectivity index (χ1) is 6.24. The quantitative estimate of drug-likeness (QED) is 0.696. The molecule has 2 nitrogen and oxygen atoms in total. The third-order valence-corrected chi connectivity index (χ3v) is 1.77. The maximum Gasteiger partial charge on any atom is 0.252 e. The minimum absolute atomic E-state index is 0.443. The van der Waals surface area contributed by atoms with Crippen molar-refractivity contribution in [2.45, 2.75) is 13.3 Å². The van der Waals surface area contributed by atoms with Crippen LogP contribution in [0.25, 0.3) is 0 Å². The lowest BCUT2D eigenvalue weighted by Crippen LogP contribution is -1.95. The minimum atomic E-state index is -0.443. The number of hydrogen-bond acceptors (Lipinski definition) is 2. The fourth-order valence-corrected chi connectivity index (χ4v) is 1.03. The molecule has 0 aromatic heterocycles. The molecule has 0 fully saturated rings. The van der Waals surface area contributed by atoms with Crippen LogP contribution in [-0.2, 0) is 0 Å². The van der Waals surface area contributed by atoms with E-state index in [-0.39, 0.29) is 0 Å². The van der Waals surface area contributed by atoms with Gasteiger partial charge in [-0.25, -0.2) is 0 Å². The van der Waals surface area contributed by atoms with E-state index >= 15 is 0 Å². The van der Waals surface area contributed by atoms with Gasteiger partial charge in [0.15, 0.2) is 0 Å². The number of benzene rings is 1. The standard InChI is InChI=1S/C10H11ClO2/c1-2-7-13-9-5-3-8(4-6-9)10(11)12/h3-6H,2,7H2,1H3. The van der Waals surface area contributed by atoms with Crippen molar-refractivity contribution in [1.29, 1.82) is 0 Å². The second-order valence-electron chi connectivity index (χ2n) is 2.65. The normalized spacial score (nSPS) is 9.69. The van der Waals surface area contributed by atoms with E-state index in [0.717, 1.165) is 12.2 Å². The predicted molar refractivity (Wildman–Crippen MR) is 52.4 cm³/mol. The Balaban J connectivity index is 2.64. The maximum absolute atomic E-state index is 10.7. The Labute approximate surface area is 82.5 Å². The zero-order valence-electron chi connectivity index (χ0n) is 7.42. The lowest BCUT2D eigenvalue weighted by molar-refractivity contribution is 0.108. The fraction of sp³-hybridized carbons (Fsp3) is 0.300. The summed E-state index contributed by atoms with van der Waals surface area (Å²) < 4.78 is 5.34. The third kappa shape index (κ3) is 3.07. The van der Waals surface area contributed by atoms with Gasteiger partial charge in [-0.3, -0.25) is 4.79 Å². The maximum atomic E-state index is 10.7. The van der Waals surface area contributed by atoms with Gasteiger partial charge in [-0.15, -0.1) is 0 Å². The lowest BCUT2D eigenvalue weighted by Gasteiger charge is -2.03. The van der Waals surface area contributed by atoms with E-state index in [1.54, 1.807) is 24.3 Å². The van der Waals surface area contributed by atoms with E-state index in [1.165, 1.54) is 0 Å². The van der Waals surface area contributed by atoms with Gasteiger partial charge in [0.2, 0.25) is 0 Å². The summed E-state index contributed by atoms with van der Waals surface area (Å²) in [5.41, 5.74) is 0.491. The average Bonchev–Trinajstić information content (AvgIpc) is 2.15. The van der Waals surface area contributed by atoms with Crippen LogP contribution in [0.3, 0.4) is 0 Å². The van der Waals surface area contributed by atoms with E-state index in [9.17, 15) is 4.79 Å². The first kappa shape index (κ1) is 10.1. The number of carbonyl (C=O) groups is 1. The van der Waals surface area contributed by atoms with Crippen molar-refractivity contribution in [1.82, 2.24) is 0 Å². The van der Waals surface area contributed by atoms with E-state index < -0.39 is 5.24 Å². The van der Waals surface area contributed by atoms with Crippen molar-refractivity contribution in [2.24, 2.45) is 0 Å². The summed E-state index contributed by atoms with van der Waals surface area (Å²) in [6.07, 6.45) is 0.968. The van der Waals surface area contributed by atoms with Gasteiger partial charge < -0.3 is 4.74 Å². The average molecular weight is 199 g/mol. The Hall–Kier alpha value is -1.02. The van der Waals surface area contributed by atoms with Crippen LogP contribution in [0.1, 0.15) is 23.7 Å². The lowest BCUT2D eigenvalue weighted by atomic mass is 10.2. The predicted octanol–water partition coefficient (Wildman–Crippen LogP) is 2.85. The summed E-state index contributed by atoms with van der Waals surface area (Å²) >= 11 is 5.28. The van der Waals surface area contributed by atoms with Crippen LogP contribution >= 0.6 is 11.6 Å². The first-order valence-corrected chi connectivity index (χ1v) is 4.54. The van der Waals surface area contributed by atoms with Crippen molar-refractivity contribution >= 4 is 16.8 Å². The molecule has 13 heavy (non-hydrogen) atoms. The second kappa shape index (κ2) is 4.87. The molecule has 1 aromatic carbocycles. The summed E-state index contributed by atoms with van der Waals surface area (Å²) in [7, 11) is 0. The zero-order chi connectivity index (χ0) is 9.68. The van der Waals surface area contributed by atoms with Gasteiger partial charge >= 0.3 is 0 Å². The molecule has 0 radical (unpaired) electrons. The van der Waals surface area contributed by atoms with Crippen LogP contribution < -0.4 is 4.74 Å². The Morgan fingerprint density at radius 3 is 2.46 bits per heavy atom. The molecule has 1 rings (SSSR count). The highest BCUT2D eigenvalue weighted by molar-refractivity contribution is 6.67. The summed E-state index contributed by atoms with van der Waals surface area (Å²) in [5.74, 6) is 0.767. The summed E-state index contributed by atoms with van der Waals surface area (Å²) in [6, 6.07) is 6.79. The molecule has 0 heterocycles. The topological polar surface area (TPSA) is 26.3 Å². The van der Waals surface area contributed by atoms with Crippen molar-refractivity contribution in [3.63, 3.8) is 0 Å². The van der Waals surface area contributed by atoms with E-state index in [4.69, 9.17) is 16.3 Å². The highest BCUT2D eigenvalue weighted by Gasteiger charge is 2.00. The number of ether oxygens (including phenoxy) is 1. The monoisotopic (exact) mass is 198 g/mol. The molecule has 0 N–H and O–H groups in total. The molecule has 0 amide bonds. The van der Waals surface area contributed by atoms with Crippen molar-refractivity contribution in [3.8, 4) is 5.75 Å². The molecule has 70 valence electrons. The van der Waals surface area contributed by atoms with Gasteiger partial charge in [-0.05, 0) is 42.3 Å². The molecule has 0 aliphatic heterocycles. The number of rotatable bonds is 4. The molecule has 0 saturated heterocycles. The van der Waals surface area contributed by atoms with Gasteiger partial charge in [0.05, 0.1) is 6.61 Å². The van der Waals surface area contributed by atoms with Crippen LogP contribution in [-0.4, -0.2) is 11.8 Å². The highest BCUT2D eigenvalue weighted by atomic mass is 35.5. The molecule has 0 saturated carbocycles. The molecule has 0 aliphatic rings. The fourth-order valence-electron chi connectivity index (χ4n) is 0.902. The second-order valence-corrected chi connectivity index (χ2v) is 2.99. The highest BCUT2D eigenvalue weighted by Crippen LogP contribution is 2.13. The van der Waals surface area contributed by atoms with Crippen LogP contribution in [0.4, 0.5) is 0 Å². The van der Waals surface area contributed by atoms with Crippen LogP contribution in [0, 0.1) is 0 Å². The Morgan fingerprint density at radius 2 is 2.00 bits per heavy atom. The molecular formula is C10H11ClO2. The van der Waals surface area contributed by atoms with Gasteiger partial charge in [0.25, 0.3) is 5.24 Å². The third-order valence-electron chi connectivity index (χ3n) is 1.55. The Bertz CT molecular complexity index is 279. The molecule has 0 atom stereocenters. The SMILES string of the molecule is CCCOc1ccc(C(=O)Cl)cc1. The molecule has 0 spiro atoms. The Morgan fingerprint density at radius 1 is 1.38 bits per heavy atom. The summed E-state index contributed by atoms with van der Waals surface area (Å²) in [5, 5.41) is -0.443. The van der Waals surface area contributed by atoms with E-state index in [2.05, 4.69) is 0 Å². The molecule has 0 unspecified atom stereocenters. The van der Waals surface area contributed by atoms with Gasteiger partial charge in [0, 0.05) is 5.56 Å². The molecule has 0 aliphatic carbocycles. The summed E-state index contributed by atoms with van der Waals surface area (Å²) in [4.78, 5) is 10.7. The summed E-state index contributed by atoms with van der Waals surface area (Å²) in [6.45, 7) is 2.73. The van der Waals surface area contributed by atoms with Crippen molar-refractivity contribution in [3.05, 3.63) is 29.8 Å². The first-order valence-electron chi connectivity index (χ1n) is 4.16.